The smallest absolute Gasteiger partial charge is 0.112 e. The van der Waals surface area contributed by atoms with Crippen LogP contribution in [-0.4, -0.2) is 36.8 Å². The molecule has 0 saturated carbocycles. The summed E-state index contributed by atoms with van der Waals surface area (Å²) in [6, 6.07) is 0. The van der Waals surface area contributed by atoms with Gasteiger partial charge in [-0.2, -0.15) is 0 Å². The summed E-state index contributed by atoms with van der Waals surface area (Å²) in [7, 11) is 3.88. The van der Waals surface area contributed by atoms with E-state index in [1.807, 2.05) is 19.0 Å². The molecule has 2 heteroatoms. The number of hydrogen-bond acceptors (Lipinski definition) is 2. The molecule has 1 atom stereocenters. The summed E-state index contributed by atoms with van der Waals surface area (Å²) in [5.41, 5.74) is 0. The van der Waals surface area contributed by atoms with Gasteiger partial charge in [-0.15, -0.1) is 0 Å². The Hall–Kier alpha value is -0.520. The van der Waals surface area contributed by atoms with Gasteiger partial charge in [0.15, 0.2) is 0 Å². The summed E-state index contributed by atoms with van der Waals surface area (Å²) >= 11 is 0. The quantitative estimate of drug-likeness (QED) is 0.498. The van der Waals surface area contributed by atoms with Gasteiger partial charge in [-0.05, 0) is 21.0 Å². The molecule has 2 nitrogen and oxygen atoms in total. The van der Waals surface area contributed by atoms with Gasteiger partial charge in [0, 0.05) is 0 Å². The van der Waals surface area contributed by atoms with Gasteiger partial charge >= 0.3 is 0 Å². The molecule has 0 aromatic heterocycles. The van der Waals surface area contributed by atoms with Crippen LogP contribution < -0.4 is 0 Å². The van der Waals surface area contributed by atoms with Crippen molar-refractivity contribution in [1.82, 2.24) is 4.90 Å². The van der Waals surface area contributed by atoms with Crippen LogP contribution in [-0.2, 0) is 0 Å². The number of aliphatic hydroxyl groups is 1. The van der Waals surface area contributed by atoms with E-state index in [4.69, 9.17) is 5.11 Å². The third-order valence-corrected chi connectivity index (χ3v) is 0.706. The van der Waals surface area contributed by atoms with Crippen LogP contribution in [0, 0.1) is 11.8 Å². The van der Waals surface area contributed by atoms with Crippen LogP contribution in [0.15, 0.2) is 0 Å². The molecule has 0 aliphatic carbocycles. The average molecular weight is 127 g/mol. The minimum atomic E-state index is -0.495. The third-order valence-electron chi connectivity index (χ3n) is 0.706. The van der Waals surface area contributed by atoms with Crippen molar-refractivity contribution in [3.05, 3.63) is 0 Å². The van der Waals surface area contributed by atoms with Crippen molar-refractivity contribution in [2.45, 2.75) is 13.0 Å². The zero-order chi connectivity index (χ0) is 7.28. The van der Waals surface area contributed by atoms with Gasteiger partial charge in [-0.1, -0.05) is 11.8 Å². The lowest BCUT2D eigenvalue weighted by atomic mass is 10.4. The number of nitrogens with zero attached hydrogens (tertiary/aromatic N) is 1. The van der Waals surface area contributed by atoms with Crippen molar-refractivity contribution in [1.29, 1.82) is 0 Å². The van der Waals surface area contributed by atoms with Gasteiger partial charge in [-0.25, -0.2) is 0 Å². The van der Waals surface area contributed by atoms with E-state index in [9.17, 15) is 0 Å². The summed E-state index contributed by atoms with van der Waals surface area (Å²) in [6.45, 7) is 2.37. The van der Waals surface area contributed by atoms with Crippen LogP contribution in [0.3, 0.4) is 0 Å². The first kappa shape index (κ1) is 8.48. The van der Waals surface area contributed by atoms with E-state index < -0.39 is 6.10 Å². The molecule has 0 unspecified atom stereocenters. The number of hydrogen-bond donors (Lipinski definition) is 1. The highest BCUT2D eigenvalue weighted by Gasteiger charge is 1.83. The van der Waals surface area contributed by atoms with E-state index in [1.165, 1.54) is 0 Å². The molecule has 0 heterocycles. The van der Waals surface area contributed by atoms with Crippen LogP contribution in [0.4, 0.5) is 0 Å². The topological polar surface area (TPSA) is 23.5 Å². The fraction of sp³-hybridized carbons (Fsp3) is 0.714. The van der Waals surface area contributed by atoms with E-state index in [-0.39, 0.29) is 0 Å². The van der Waals surface area contributed by atoms with E-state index in [1.54, 1.807) is 6.92 Å². The van der Waals surface area contributed by atoms with Crippen LogP contribution in [0.1, 0.15) is 6.92 Å². The maximum absolute atomic E-state index is 8.67. The van der Waals surface area contributed by atoms with Gasteiger partial charge in [-0.3, -0.25) is 4.90 Å². The molecule has 0 spiro atoms. The van der Waals surface area contributed by atoms with E-state index in [0.717, 1.165) is 0 Å². The van der Waals surface area contributed by atoms with Crippen LogP contribution in [0.2, 0.25) is 0 Å². The third kappa shape index (κ3) is 7.48. The van der Waals surface area contributed by atoms with Crippen molar-refractivity contribution < 1.29 is 5.11 Å². The first-order valence-electron chi connectivity index (χ1n) is 2.94. The van der Waals surface area contributed by atoms with Crippen LogP contribution in [0.5, 0.6) is 0 Å². The Morgan fingerprint density at radius 3 is 2.44 bits per heavy atom. The summed E-state index contributed by atoms with van der Waals surface area (Å²) < 4.78 is 0. The van der Waals surface area contributed by atoms with Gasteiger partial charge in [0.05, 0.1) is 6.54 Å². The normalized spacial score (nSPS) is 12.6. The number of aliphatic hydroxyl groups excluding tert-OH is 1. The Kier molecular flexibility index (Phi) is 4.12. The molecule has 0 aliphatic rings. The highest BCUT2D eigenvalue weighted by Crippen LogP contribution is 1.74. The first-order chi connectivity index (χ1) is 4.13. The molecule has 0 aromatic carbocycles. The minimum Gasteiger partial charge on any atom is -0.381 e. The predicted octanol–water partition coefficient (Wildman–Crippen LogP) is -0.0678. The Morgan fingerprint density at radius 1 is 1.56 bits per heavy atom. The maximum Gasteiger partial charge on any atom is 0.112 e. The molecular formula is C7H13NO. The van der Waals surface area contributed by atoms with E-state index >= 15 is 0 Å². The lowest BCUT2D eigenvalue weighted by molar-refractivity contribution is 0.253. The largest absolute Gasteiger partial charge is 0.381 e. The van der Waals surface area contributed by atoms with Crippen LogP contribution in [0.25, 0.3) is 0 Å². The second-order valence-corrected chi connectivity index (χ2v) is 2.23. The molecule has 52 valence electrons. The Balaban J connectivity index is 3.38. The first-order valence-corrected chi connectivity index (χ1v) is 2.94. The van der Waals surface area contributed by atoms with Gasteiger partial charge in [0.1, 0.15) is 6.10 Å². The summed E-state index contributed by atoms with van der Waals surface area (Å²) in [5, 5.41) is 8.67. The molecule has 0 bridgehead atoms. The van der Waals surface area contributed by atoms with Crippen LogP contribution >= 0.6 is 0 Å². The molecule has 1 N–H and O–H groups in total. The second-order valence-electron chi connectivity index (χ2n) is 2.23. The number of rotatable bonds is 1. The minimum absolute atomic E-state index is 0.495. The molecule has 0 aliphatic heterocycles. The summed E-state index contributed by atoms with van der Waals surface area (Å²) in [6.07, 6.45) is -0.495. The second kappa shape index (κ2) is 4.37. The molecule has 0 amide bonds. The van der Waals surface area contributed by atoms with Crippen molar-refractivity contribution in [2.75, 3.05) is 20.6 Å². The lowest BCUT2D eigenvalue weighted by Gasteiger charge is -2.00. The summed E-state index contributed by atoms with van der Waals surface area (Å²) in [4.78, 5) is 1.95. The van der Waals surface area contributed by atoms with E-state index in [2.05, 4.69) is 11.8 Å². The van der Waals surface area contributed by atoms with Crippen molar-refractivity contribution in [2.24, 2.45) is 0 Å². The Morgan fingerprint density at radius 2 is 2.11 bits per heavy atom. The van der Waals surface area contributed by atoms with E-state index in [0.29, 0.717) is 6.54 Å². The molecule has 0 rings (SSSR count). The van der Waals surface area contributed by atoms with Crippen molar-refractivity contribution in [3.8, 4) is 11.8 Å². The lowest BCUT2D eigenvalue weighted by Crippen LogP contribution is -2.11. The maximum atomic E-state index is 8.67. The monoisotopic (exact) mass is 127 g/mol. The van der Waals surface area contributed by atoms with Gasteiger partial charge in [0.2, 0.25) is 0 Å². The molecule has 0 saturated heterocycles. The molecule has 0 aromatic rings. The van der Waals surface area contributed by atoms with Gasteiger partial charge < -0.3 is 5.11 Å². The van der Waals surface area contributed by atoms with Crippen molar-refractivity contribution in [3.63, 3.8) is 0 Å². The predicted molar refractivity (Wildman–Crippen MR) is 38.0 cm³/mol. The fourth-order valence-corrected chi connectivity index (χ4v) is 0.351. The Labute approximate surface area is 56.5 Å². The zero-order valence-electron chi connectivity index (χ0n) is 6.18. The van der Waals surface area contributed by atoms with Crippen molar-refractivity contribution >= 4 is 0 Å². The standard InChI is InChI=1S/C7H13NO/c1-7(9)5-4-6-8(2)3/h7,9H,6H2,1-3H3/t7-/m0/s1. The zero-order valence-corrected chi connectivity index (χ0v) is 6.18. The summed E-state index contributed by atoms with van der Waals surface area (Å²) in [5.74, 6) is 5.45. The highest BCUT2D eigenvalue weighted by molar-refractivity contribution is 5.04. The molecule has 0 fully saturated rings. The molecule has 9 heavy (non-hydrogen) atoms. The fourth-order valence-electron chi connectivity index (χ4n) is 0.351. The molecular weight excluding hydrogens is 114 g/mol. The average Bonchev–Trinajstić information content (AvgIpc) is 1.63. The molecule has 0 radical (unpaired) electrons. The Bertz CT molecular complexity index is 119. The van der Waals surface area contributed by atoms with Gasteiger partial charge in [0.25, 0.3) is 0 Å². The SMILES string of the molecule is C[C@H](O)C#CCN(C)C. The highest BCUT2D eigenvalue weighted by atomic mass is 16.3.